The molecule has 0 fully saturated rings. The molecule has 0 saturated heterocycles. The normalized spacial score (nSPS) is 22.9. The molecular formula is C27H39N3O7. The van der Waals surface area contributed by atoms with Gasteiger partial charge in [-0.25, -0.2) is 9.59 Å². The molecule has 204 valence electrons. The van der Waals surface area contributed by atoms with Gasteiger partial charge < -0.3 is 30.2 Å². The molecular weight excluding hydrogens is 478 g/mol. The van der Waals surface area contributed by atoms with Gasteiger partial charge in [0.25, 0.3) is 0 Å². The molecule has 3 rings (SSSR count). The SMILES string of the molecule is CCC(C)[C@@H]1NC(=O)[C@@H](NC(=O)OC(C)(C)C)Cc2ccc(cc2)OCC/C=C/[C@@H](C(=O)OC)NC1=O. The molecule has 4 atom stereocenters. The summed E-state index contributed by atoms with van der Waals surface area (Å²) in [5.41, 5.74) is 0.0226. The third-order valence-electron chi connectivity index (χ3n) is 5.80. The van der Waals surface area contributed by atoms with Crippen LogP contribution in [0.4, 0.5) is 4.79 Å². The van der Waals surface area contributed by atoms with E-state index in [-0.39, 0.29) is 12.3 Å². The molecule has 10 heteroatoms. The average molecular weight is 518 g/mol. The molecule has 1 aromatic carbocycles. The molecule has 1 aromatic rings. The van der Waals surface area contributed by atoms with Crippen molar-refractivity contribution in [2.24, 2.45) is 5.92 Å². The Hall–Kier alpha value is -3.56. The molecule has 10 nitrogen and oxygen atoms in total. The summed E-state index contributed by atoms with van der Waals surface area (Å²) >= 11 is 0. The van der Waals surface area contributed by atoms with E-state index >= 15 is 0 Å². The summed E-state index contributed by atoms with van der Waals surface area (Å²) in [5.74, 6) is -1.36. The summed E-state index contributed by atoms with van der Waals surface area (Å²) in [5, 5.41) is 8.07. The Kier molecular flexibility index (Phi) is 11.0. The molecule has 0 radical (unpaired) electrons. The number of methoxy groups -OCH3 is 1. The van der Waals surface area contributed by atoms with Crippen LogP contribution in [0.1, 0.15) is 53.0 Å². The highest BCUT2D eigenvalue weighted by Crippen LogP contribution is 2.16. The minimum Gasteiger partial charge on any atom is -0.493 e. The largest absolute Gasteiger partial charge is 0.493 e. The number of alkyl carbamates (subject to hydrolysis) is 1. The summed E-state index contributed by atoms with van der Waals surface area (Å²) < 4.78 is 15.9. The zero-order valence-electron chi connectivity index (χ0n) is 22.5. The van der Waals surface area contributed by atoms with Crippen molar-refractivity contribution in [3.63, 3.8) is 0 Å². The van der Waals surface area contributed by atoms with Crippen molar-refractivity contribution in [1.29, 1.82) is 0 Å². The lowest BCUT2D eigenvalue weighted by Gasteiger charge is -2.28. The Morgan fingerprint density at radius 3 is 2.41 bits per heavy atom. The Bertz CT molecular complexity index is 969. The maximum absolute atomic E-state index is 13.4. The predicted octanol–water partition coefficient (Wildman–Crippen LogP) is 2.65. The first-order valence-corrected chi connectivity index (χ1v) is 12.5. The number of carbonyl (C=O) groups excluding carboxylic acids is 4. The topological polar surface area (TPSA) is 132 Å². The lowest BCUT2D eigenvalue weighted by atomic mass is 9.96. The monoisotopic (exact) mass is 517 g/mol. The van der Waals surface area contributed by atoms with Gasteiger partial charge in [0.05, 0.1) is 13.7 Å². The van der Waals surface area contributed by atoms with Gasteiger partial charge in [0, 0.05) is 6.42 Å². The van der Waals surface area contributed by atoms with Crippen molar-refractivity contribution >= 4 is 23.9 Å². The first-order chi connectivity index (χ1) is 17.4. The quantitative estimate of drug-likeness (QED) is 0.413. The molecule has 3 N–H and O–H groups in total. The fourth-order valence-corrected chi connectivity index (χ4v) is 3.61. The van der Waals surface area contributed by atoms with Crippen LogP contribution in [0.25, 0.3) is 0 Å². The molecule has 2 bridgehead atoms. The number of fused-ring (bicyclic) bond motifs is 13. The van der Waals surface area contributed by atoms with Crippen LogP contribution in [0.5, 0.6) is 5.75 Å². The summed E-state index contributed by atoms with van der Waals surface area (Å²) in [4.78, 5) is 51.5. The standard InChI is InChI=1S/C27H39N3O7/c1-7-17(2)22-24(32)28-20(25(33)35-6)10-8-9-15-36-19-13-11-18(12-14-19)16-21(23(31)30-22)29-26(34)37-27(3,4)5/h8,10-14,17,20-22H,7,9,15-16H2,1-6H3,(H,28,32)(H,29,34)(H,30,31)/b10-8+/t17?,20-,21-,22-/m0/s1. The van der Waals surface area contributed by atoms with E-state index in [1.54, 1.807) is 39.0 Å². The van der Waals surface area contributed by atoms with Gasteiger partial charge in [0.15, 0.2) is 0 Å². The summed E-state index contributed by atoms with van der Waals surface area (Å²) in [7, 11) is 1.23. The van der Waals surface area contributed by atoms with E-state index in [2.05, 4.69) is 16.0 Å². The number of nitrogens with one attached hydrogen (secondary N) is 3. The number of amides is 3. The van der Waals surface area contributed by atoms with E-state index in [1.165, 1.54) is 13.2 Å². The number of esters is 1. The molecule has 0 aromatic heterocycles. The van der Waals surface area contributed by atoms with Crippen LogP contribution >= 0.6 is 0 Å². The first kappa shape index (κ1) is 29.7. The third kappa shape index (κ3) is 9.78. The summed E-state index contributed by atoms with van der Waals surface area (Å²) in [6, 6.07) is 4.17. The van der Waals surface area contributed by atoms with Crippen LogP contribution in [0, 0.1) is 5.92 Å². The smallest absolute Gasteiger partial charge is 0.408 e. The lowest BCUT2D eigenvalue weighted by Crippen LogP contribution is -2.58. The average Bonchev–Trinajstić information content (AvgIpc) is 2.84. The second kappa shape index (κ2) is 13.7. The molecule has 2 aliphatic heterocycles. The van der Waals surface area contributed by atoms with E-state index in [4.69, 9.17) is 14.2 Å². The molecule has 2 aliphatic rings. The number of hydrogen-bond acceptors (Lipinski definition) is 7. The number of benzene rings is 1. The van der Waals surface area contributed by atoms with Gasteiger partial charge in [-0.05, 0) is 50.8 Å². The minimum atomic E-state index is -1.04. The van der Waals surface area contributed by atoms with Crippen LogP contribution in [-0.4, -0.2) is 61.3 Å². The van der Waals surface area contributed by atoms with E-state index in [0.29, 0.717) is 25.2 Å². The van der Waals surface area contributed by atoms with Crippen molar-refractivity contribution in [3.05, 3.63) is 42.0 Å². The highest BCUT2D eigenvalue weighted by molar-refractivity contribution is 5.93. The molecule has 0 aliphatic carbocycles. The zero-order valence-corrected chi connectivity index (χ0v) is 22.5. The molecule has 3 amide bonds. The number of rotatable bonds is 4. The molecule has 37 heavy (non-hydrogen) atoms. The van der Waals surface area contributed by atoms with Crippen molar-refractivity contribution in [2.45, 2.75) is 77.6 Å². The Morgan fingerprint density at radius 1 is 1.14 bits per heavy atom. The number of carbonyl (C=O) groups is 4. The van der Waals surface area contributed by atoms with E-state index in [9.17, 15) is 19.2 Å². The van der Waals surface area contributed by atoms with Gasteiger partial charge in [0.1, 0.15) is 29.5 Å². The van der Waals surface area contributed by atoms with Gasteiger partial charge in [-0.2, -0.15) is 0 Å². The van der Waals surface area contributed by atoms with E-state index in [1.807, 2.05) is 26.0 Å². The van der Waals surface area contributed by atoms with Crippen molar-refractivity contribution in [1.82, 2.24) is 16.0 Å². The second-order valence-electron chi connectivity index (χ2n) is 9.99. The number of ether oxygens (including phenoxy) is 3. The molecule has 1 unspecified atom stereocenters. The van der Waals surface area contributed by atoms with Crippen molar-refractivity contribution in [3.8, 4) is 5.75 Å². The fourth-order valence-electron chi connectivity index (χ4n) is 3.61. The fraction of sp³-hybridized carbons (Fsp3) is 0.556. The molecule has 0 saturated carbocycles. The Morgan fingerprint density at radius 2 is 1.81 bits per heavy atom. The molecule has 2 heterocycles. The van der Waals surface area contributed by atoms with E-state index < -0.39 is 47.6 Å². The van der Waals surface area contributed by atoms with Crippen LogP contribution < -0.4 is 20.7 Å². The van der Waals surface area contributed by atoms with Gasteiger partial charge in [0.2, 0.25) is 11.8 Å². The maximum Gasteiger partial charge on any atom is 0.408 e. The van der Waals surface area contributed by atoms with Crippen LogP contribution in [0.3, 0.4) is 0 Å². The van der Waals surface area contributed by atoms with Gasteiger partial charge >= 0.3 is 12.1 Å². The highest BCUT2D eigenvalue weighted by Gasteiger charge is 2.32. The van der Waals surface area contributed by atoms with Gasteiger partial charge in [-0.15, -0.1) is 0 Å². The van der Waals surface area contributed by atoms with Crippen molar-refractivity contribution < 1.29 is 33.4 Å². The lowest BCUT2D eigenvalue weighted by molar-refractivity contribution is -0.144. The van der Waals surface area contributed by atoms with Crippen LogP contribution in [-0.2, 0) is 30.3 Å². The van der Waals surface area contributed by atoms with Crippen LogP contribution in [0.15, 0.2) is 36.4 Å². The van der Waals surface area contributed by atoms with Crippen molar-refractivity contribution in [2.75, 3.05) is 13.7 Å². The second-order valence-corrected chi connectivity index (χ2v) is 9.99. The summed E-state index contributed by atoms with van der Waals surface area (Å²) in [6.07, 6.45) is 3.76. The minimum absolute atomic E-state index is 0.159. The van der Waals surface area contributed by atoms with Gasteiger partial charge in [-0.3, -0.25) is 9.59 Å². The first-order valence-electron chi connectivity index (χ1n) is 12.5. The predicted molar refractivity (Wildman–Crippen MR) is 138 cm³/mol. The van der Waals surface area contributed by atoms with Gasteiger partial charge in [-0.1, -0.05) is 44.6 Å². The van der Waals surface area contributed by atoms with E-state index in [0.717, 1.165) is 5.56 Å². The Balaban J connectivity index is 2.41. The third-order valence-corrected chi connectivity index (χ3v) is 5.80. The zero-order chi connectivity index (χ0) is 27.6. The number of hydrogen-bond donors (Lipinski definition) is 3. The highest BCUT2D eigenvalue weighted by atomic mass is 16.6. The maximum atomic E-state index is 13.4. The molecule has 0 spiro atoms. The Labute approximate surface area is 218 Å². The van der Waals surface area contributed by atoms with Crippen LogP contribution in [0.2, 0.25) is 0 Å². The summed E-state index contributed by atoms with van der Waals surface area (Å²) in [6.45, 7) is 9.24.